The molecule has 0 amide bonds. The van der Waals surface area contributed by atoms with E-state index in [1.807, 2.05) is 12.1 Å². The van der Waals surface area contributed by atoms with Gasteiger partial charge < -0.3 is 10.6 Å². The summed E-state index contributed by atoms with van der Waals surface area (Å²) < 4.78 is 1.01. The Bertz CT molecular complexity index is 492. The molecule has 2 rings (SSSR count). The molecule has 1 saturated heterocycles. The first kappa shape index (κ1) is 15.7. The minimum Gasteiger partial charge on any atom is -0.389 e. The molecular formula is C15H22BrN3S. The number of thiocarbonyl (C=S) groups is 1. The van der Waals surface area contributed by atoms with Gasteiger partial charge in [0.05, 0.1) is 0 Å². The first-order valence-electron chi connectivity index (χ1n) is 7.07. The van der Waals surface area contributed by atoms with Gasteiger partial charge in [0.25, 0.3) is 0 Å². The Morgan fingerprint density at radius 1 is 1.55 bits per heavy atom. The highest BCUT2D eigenvalue weighted by atomic mass is 79.9. The van der Waals surface area contributed by atoms with E-state index in [9.17, 15) is 0 Å². The Balaban J connectivity index is 2.16. The van der Waals surface area contributed by atoms with Crippen LogP contribution in [0.5, 0.6) is 0 Å². The summed E-state index contributed by atoms with van der Waals surface area (Å²) in [4.78, 5) is 5.28. The lowest BCUT2D eigenvalue weighted by atomic mass is 10.1. The molecule has 5 heteroatoms. The number of nitrogens with two attached hydrogens (primary N) is 1. The number of nitrogens with zero attached hydrogens (tertiary/aromatic N) is 2. The molecule has 20 heavy (non-hydrogen) atoms. The number of anilines is 1. The maximum Gasteiger partial charge on any atom is 0.106 e. The Hall–Kier alpha value is -0.650. The largest absolute Gasteiger partial charge is 0.389 e. The molecular weight excluding hydrogens is 334 g/mol. The van der Waals surface area contributed by atoms with Crippen molar-refractivity contribution >= 4 is 38.8 Å². The molecule has 1 aromatic carbocycles. The number of likely N-dealkylation sites (N-methyl/N-ethyl adjacent to an activating group) is 2. The van der Waals surface area contributed by atoms with Gasteiger partial charge in [-0.25, -0.2) is 0 Å². The molecule has 1 fully saturated rings. The van der Waals surface area contributed by atoms with Crippen LogP contribution in [0.15, 0.2) is 22.7 Å². The second-order valence-corrected chi connectivity index (χ2v) is 6.69. The van der Waals surface area contributed by atoms with E-state index in [1.165, 1.54) is 19.4 Å². The standard InChI is InChI=1S/C15H22BrN3S/c1-3-19-8-4-5-12(19)10-18(2)14-7-6-11(16)9-13(14)15(17)20/h6-7,9,12H,3-5,8,10H2,1-2H3,(H2,17,20). The third kappa shape index (κ3) is 3.51. The van der Waals surface area contributed by atoms with Crippen molar-refractivity contribution in [1.29, 1.82) is 0 Å². The first-order chi connectivity index (χ1) is 9.52. The van der Waals surface area contributed by atoms with Gasteiger partial charge in [-0.1, -0.05) is 35.1 Å². The second kappa shape index (κ2) is 6.87. The zero-order valence-corrected chi connectivity index (χ0v) is 14.5. The lowest BCUT2D eigenvalue weighted by molar-refractivity contribution is 0.270. The predicted molar refractivity (Wildman–Crippen MR) is 93.6 cm³/mol. The molecule has 1 aliphatic rings. The van der Waals surface area contributed by atoms with Gasteiger partial charge in [-0.2, -0.15) is 0 Å². The Morgan fingerprint density at radius 3 is 2.95 bits per heavy atom. The van der Waals surface area contributed by atoms with Gasteiger partial charge in [0.15, 0.2) is 0 Å². The SMILES string of the molecule is CCN1CCCC1CN(C)c1ccc(Br)cc1C(N)=S. The van der Waals surface area contributed by atoms with E-state index < -0.39 is 0 Å². The van der Waals surface area contributed by atoms with Crippen LogP contribution in [-0.2, 0) is 0 Å². The van der Waals surface area contributed by atoms with E-state index in [0.717, 1.165) is 28.8 Å². The quantitative estimate of drug-likeness (QED) is 0.823. The van der Waals surface area contributed by atoms with Crippen molar-refractivity contribution in [2.75, 3.05) is 31.6 Å². The van der Waals surface area contributed by atoms with Crippen molar-refractivity contribution in [3.05, 3.63) is 28.2 Å². The topological polar surface area (TPSA) is 32.5 Å². The average molecular weight is 356 g/mol. The van der Waals surface area contributed by atoms with Gasteiger partial charge in [-0.15, -0.1) is 0 Å². The molecule has 1 atom stereocenters. The van der Waals surface area contributed by atoms with Crippen LogP contribution in [0.4, 0.5) is 5.69 Å². The first-order valence-corrected chi connectivity index (χ1v) is 8.27. The summed E-state index contributed by atoms with van der Waals surface area (Å²) in [5, 5.41) is 0. The highest BCUT2D eigenvalue weighted by molar-refractivity contribution is 9.10. The summed E-state index contributed by atoms with van der Waals surface area (Å²) in [5.41, 5.74) is 7.91. The smallest absolute Gasteiger partial charge is 0.106 e. The molecule has 0 spiro atoms. The summed E-state index contributed by atoms with van der Waals surface area (Å²) >= 11 is 8.66. The molecule has 1 aliphatic heterocycles. The van der Waals surface area contributed by atoms with Crippen LogP contribution in [0.1, 0.15) is 25.3 Å². The van der Waals surface area contributed by atoms with Gasteiger partial charge in [0.1, 0.15) is 4.99 Å². The van der Waals surface area contributed by atoms with Crippen LogP contribution in [0.2, 0.25) is 0 Å². The Labute approximate surface area is 135 Å². The molecule has 0 saturated carbocycles. The van der Waals surface area contributed by atoms with E-state index in [-0.39, 0.29) is 0 Å². The number of hydrogen-bond acceptors (Lipinski definition) is 3. The predicted octanol–water partition coefficient (Wildman–Crippen LogP) is 3.00. The molecule has 3 nitrogen and oxygen atoms in total. The minimum atomic E-state index is 0.451. The summed E-state index contributed by atoms with van der Waals surface area (Å²) in [7, 11) is 2.12. The lowest BCUT2D eigenvalue weighted by Crippen LogP contribution is -2.39. The van der Waals surface area contributed by atoms with Crippen LogP contribution >= 0.6 is 28.1 Å². The van der Waals surface area contributed by atoms with Gasteiger partial charge >= 0.3 is 0 Å². The number of rotatable bonds is 5. The van der Waals surface area contributed by atoms with Crippen molar-refractivity contribution in [1.82, 2.24) is 4.90 Å². The molecule has 1 heterocycles. The van der Waals surface area contributed by atoms with Gasteiger partial charge in [-0.3, -0.25) is 4.90 Å². The summed E-state index contributed by atoms with van der Waals surface area (Å²) in [6.45, 7) is 5.60. The average Bonchev–Trinajstić information content (AvgIpc) is 2.85. The Kier molecular flexibility index (Phi) is 5.41. The fourth-order valence-electron chi connectivity index (χ4n) is 2.97. The summed E-state index contributed by atoms with van der Waals surface area (Å²) in [6, 6.07) is 6.76. The van der Waals surface area contributed by atoms with Gasteiger partial charge in [0, 0.05) is 35.4 Å². The third-order valence-corrected chi connectivity index (χ3v) is 4.74. The number of hydrogen-bond donors (Lipinski definition) is 1. The molecule has 0 bridgehead atoms. The second-order valence-electron chi connectivity index (χ2n) is 5.33. The van der Waals surface area contributed by atoms with E-state index in [4.69, 9.17) is 18.0 Å². The highest BCUT2D eigenvalue weighted by Crippen LogP contribution is 2.26. The lowest BCUT2D eigenvalue weighted by Gasteiger charge is -2.30. The van der Waals surface area contributed by atoms with E-state index in [1.54, 1.807) is 0 Å². The molecule has 1 unspecified atom stereocenters. The molecule has 0 radical (unpaired) electrons. The van der Waals surface area contributed by atoms with Crippen molar-refractivity contribution in [2.45, 2.75) is 25.8 Å². The van der Waals surface area contributed by atoms with Crippen LogP contribution in [0, 0.1) is 0 Å². The molecule has 110 valence electrons. The van der Waals surface area contributed by atoms with Crippen molar-refractivity contribution in [2.24, 2.45) is 5.73 Å². The number of halogens is 1. The maximum absolute atomic E-state index is 5.86. The van der Waals surface area contributed by atoms with Gasteiger partial charge in [-0.05, 0) is 44.1 Å². The fourth-order valence-corrected chi connectivity index (χ4v) is 3.50. The van der Waals surface area contributed by atoms with Crippen LogP contribution in [0.25, 0.3) is 0 Å². The van der Waals surface area contributed by atoms with E-state index in [0.29, 0.717) is 11.0 Å². The zero-order chi connectivity index (χ0) is 14.7. The van der Waals surface area contributed by atoms with Crippen molar-refractivity contribution in [3.63, 3.8) is 0 Å². The highest BCUT2D eigenvalue weighted by Gasteiger charge is 2.24. The molecule has 2 N–H and O–H groups in total. The fraction of sp³-hybridized carbons (Fsp3) is 0.533. The normalized spacial score (nSPS) is 19.2. The van der Waals surface area contributed by atoms with Crippen LogP contribution in [-0.4, -0.2) is 42.6 Å². The molecule has 0 aromatic heterocycles. The Morgan fingerprint density at radius 2 is 2.30 bits per heavy atom. The van der Waals surface area contributed by atoms with E-state index >= 15 is 0 Å². The van der Waals surface area contributed by atoms with Crippen molar-refractivity contribution < 1.29 is 0 Å². The monoisotopic (exact) mass is 355 g/mol. The van der Waals surface area contributed by atoms with Crippen LogP contribution in [0.3, 0.4) is 0 Å². The molecule has 1 aromatic rings. The third-order valence-electron chi connectivity index (χ3n) is 4.03. The maximum atomic E-state index is 5.86. The summed E-state index contributed by atoms with van der Waals surface area (Å²) in [6.07, 6.45) is 2.58. The zero-order valence-electron chi connectivity index (χ0n) is 12.1. The van der Waals surface area contributed by atoms with Gasteiger partial charge in [0.2, 0.25) is 0 Å². The summed E-state index contributed by atoms with van der Waals surface area (Å²) in [5.74, 6) is 0. The minimum absolute atomic E-state index is 0.451. The number of likely N-dealkylation sites (tertiary alicyclic amines) is 1. The van der Waals surface area contributed by atoms with Crippen molar-refractivity contribution in [3.8, 4) is 0 Å². The van der Waals surface area contributed by atoms with Crippen LogP contribution < -0.4 is 10.6 Å². The molecule has 0 aliphatic carbocycles. The van der Waals surface area contributed by atoms with E-state index in [2.05, 4.69) is 45.8 Å². The number of benzene rings is 1.